The summed E-state index contributed by atoms with van der Waals surface area (Å²) in [6.45, 7) is 6.58. The highest BCUT2D eigenvalue weighted by molar-refractivity contribution is 5.88. The number of nitrogens with zero attached hydrogens (tertiary/aromatic N) is 2. The summed E-state index contributed by atoms with van der Waals surface area (Å²) in [5.74, 6) is 0. The van der Waals surface area contributed by atoms with Gasteiger partial charge in [0, 0.05) is 41.4 Å². The molecule has 0 fully saturated rings. The number of aryl methyl sites for hydroxylation is 1. The molecule has 0 amide bonds. The Morgan fingerprint density at radius 3 is 2.62 bits per heavy atom. The molecule has 1 aliphatic carbocycles. The smallest absolute Gasteiger partial charge is 0.0460 e. The van der Waals surface area contributed by atoms with Crippen molar-refractivity contribution >= 4 is 16.6 Å². The Hall–Kier alpha value is -1.48. The van der Waals surface area contributed by atoms with Crippen molar-refractivity contribution in [2.75, 3.05) is 32.1 Å². The second kappa shape index (κ2) is 5.72. The maximum absolute atomic E-state index is 3.64. The lowest BCUT2D eigenvalue weighted by Gasteiger charge is -2.28. The van der Waals surface area contributed by atoms with Gasteiger partial charge in [-0.25, -0.2) is 0 Å². The zero-order valence-electron chi connectivity index (χ0n) is 13.7. The molecule has 0 saturated carbocycles. The van der Waals surface area contributed by atoms with Gasteiger partial charge in [-0.15, -0.1) is 0 Å². The summed E-state index contributed by atoms with van der Waals surface area (Å²) in [4.78, 5) is 8.43. The second-order valence-electron chi connectivity index (χ2n) is 6.34. The fourth-order valence-corrected chi connectivity index (χ4v) is 3.61. The van der Waals surface area contributed by atoms with Crippen LogP contribution in [-0.4, -0.2) is 43.1 Å². The van der Waals surface area contributed by atoms with E-state index in [0.717, 1.165) is 13.1 Å². The number of hydrogen-bond acceptors (Lipinski definition) is 2. The van der Waals surface area contributed by atoms with Crippen LogP contribution in [-0.2, 0) is 12.8 Å². The minimum atomic E-state index is 0.675. The molecule has 1 N–H and O–H groups in total. The fraction of sp³-hybridized carbons (Fsp3) is 0.556. The van der Waals surface area contributed by atoms with Crippen molar-refractivity contribution < 1.29 is 0 Å². The Morgan fingerprint density at radius 2 is 1.95 bits per heavy atom. The maximum atomic E-state index is 3.64. The number of H-pyrrole nitrogens is 1. The van der Waals surface area contributed by atoms with Gasteiger partial charge in [0.15, 0.2) is 0 Å². The number of benzene rings is 1. The minimum Gasteiger partial charge on any atom is -0.372 e. The molecule has 0 radical (unpaired) electrons. The largest absolute Gasteiger partial charge is 0.372 e. The van der Waals surface area contributed by atoms with Crippen molar-refractivity contribution in [1.82, 2.24) is 9.88 Å². The van der Waals surface area contributed by atoms with Gasteiger partial charge in [-0.2, -0.15) is 0 Å². The van der Waals surface area contributed by atoms with Crippen molar-refractivity contribution in [3.63, 3.8) is 0 Å². The lowest BCUT2D eigenvalue weighted by Crippen LogP contribution is -2.33. The summed E-state index contributed by atoms with van der Waals surface area (Å²) in [6.07, 6.45) is 3.60. The highest BCUT2D eigenvalue weighted by Crippen LogP contribution is 2.32. The van der Waals surface area contributed by atoms with Crippen LogP contribution < -0.4 is 4.90 Å². The molecule has 1 unspecified atom stereocenters. The van der Waals surface area contributed by atoms with Crippen LogP contribution in [0.15, 0.2) is 18.2 Å². The summed E-state index contributed by atoms with van der Waals surface area (Å²) >= 11 is 0. The van der Waals surface area contributed by atoms with Gasteiger partial charge in [-0.05, 0) is 71.0 Å². The number of nitrogens with one attached hydrogen (secondary N) is 1. The van der Waals surface area contributed by atoms with Crippen LogP contribution in [0.1, 0.15) is 31.5 Å². The van der Waals surface area contributed by atoms with Gasteiger partial charge in [-0.1, -0.05) is 0 Å². The molecule has 1 aliphatic rings. The van der Waals surface area contributed by atoms with Crippen LogP contribution >= 0.6 is 0 Å². The van der Waals surface area contributed by atoms with E-state index < -0.39 is 0 Å². The molecule has 0 spiro atoms. The van der Waals surface area contributed by atoms with E-state index >= 15 is 0 Å². The first kappa shape index (κ1) is 14.5. The quantitative estimate of drug-likeness (QED) is 0.929. The topological polar surface area (TPSA) is 22.3 Å². The molecular formula is C18H27N3. The van der Waals surface area contributed by atoms with Crippen molar-refractivity contribution in [2.24, 2.45) is 0 Å². The standard InChI is InChI=1S/C18H27N3/c1-5-21(6-2)14-8-10-18-16(12-14)15-11-13(20(3)4)7-9-17(15)19-18/h8,10,12-13,19H,5-7,9,11H2,1-4H3. The molecule has 21 heavy (non-hydrogen) atoms. The first-order valence-corrected chi connectivity index (χ1v) is 8.18. The third-order valence-electron chi connectivity index (χ3n) is 5.00. The van der Waals surface area contributed by atoms with Gasteiger partial charge in [0.2, 0.25) is 0 Å². The molecule has 3 heteroatoms. The van der Waals surface area contributed by atoms with E-state index in [1.54, 1.807) is 5.56 Å². The van der Waals surface area contributed by atoms with E-state index in [4.69, 9.17) is 0 Å². The van der Waals surface area contributed by atoms with Crippen LogP contribution in [0.5, 0.6) is 0 Å². The van der Waals surface area contributed by atoms with E-state index in [-0.39, 0.29) is 0 Å². The van der Waals surface area contributed by atoms with Crippen LogP contribution in [0.2, 0.25) is 0 Å². The molecule has 2 aromatic rings. The number of hydrogen-bond donors (Lipinski definition) is 1. The summed E-state index contributed by atoms with van der Waals surface area (Å²) in [7, 11) is 4.40. The van der Waals surface area contributed by atoms with Crippen molar-refractivity contribution in [1.29, 1.82) is 0 Å². The van der Waals surface area contributed by atoms with Gasteiger partial charge in [0.1, 0.15) is 0 Å². The molecule has 0 saturated heterocycles. The van der Waals surface area contributed by atoms with Gasteiger partial charge in [0.05, 0.1) is 0 Å². The van der Waals surface area contributed by atoms with Gasteiger partial charge < -0.3 is 14.8 Å². The summed E-state index contributed by atoms with van der Waals surface area (Å²) in [6, 6.07) is 7.57. The summed E-state index contributed by atoms with van der Waals surface area (Å²) < 4.78 is 0. The van der Waals surface area contributed by atoms with E-state index in [1.807, 2.05) is 0 Å². The average molecular weight is 285 g/mol. The number of rotatable bonds is 4. The predicted molar refractivity (Wildman–Crippen MR) is 91.4 cm³/mol. The first-order valence-electron chi connectivity index (χ1n) is 8.18. The van der Waals surface area contributed by atoms with Crippen molar-refractivity contribution in [3.05, 3.63) is 29.5 Å². The molecule has 0 bridgehead atoms. The maximum Gasteiger partial charge on any atom is 0.0460 e. The zero-order valence-corrected chi connectivity index (χ0v) is 13.7. The highest BCUT2D eigenvalue weighted by atomic mass is 15.1. The highest BCUT2D eigenvalue weighted by Gasteiger charge is 2.23. The Labute approximate surface area is 127 Å². The lowest BCUT2D eigenvalue weighted by molar-refractivity contribution is 0.268. The third-order valence-corrected chi connectivity index (χ3v) is 5.00. The molecule has 1 heterocycles. The number of fused-ring (bicyclic) bond motifs is 3. The molecule has 1 atom stereocenters. The molecule has 0 aliphatic heterocycles. The molecule has 1 aromatic heterocycles. The molecule has 114 valence electrons. The van der Waals surface area contributed by atoms with Gasteiger partial charge in [-0.3, -0.25) is 0 Å². The van der Waals surface area contributed by atoms with Crippen LogP contribution in [0.3, 0.4) is 0 Å². The first-order chi connectivity index (χ1) is 10.1. The SMILES string of the molecule is CCN(CC)c1ccc2[nH]c3c(c2c1)CC(N(C)C)CC3. The third kappa shape index (κ3) is 2.55. The minimum absolute atomic E-state index is 0.675. The van der Waals surface area contributed by atoms with Crippen LogP contribution in [0, 0.1) is 0 Å². The molecular weight excluding hydrogens is 258 g/mol. The van der Waals surface area contributed by atoms with Crippen LogP contribution in [0.4, 0.5) is 5.69 Å². The van der Waals surface area contributed by atoms with E-state index in [2.05, 4.69) is 60.9 Å². The average Bonchev–Trinajstić information content (AvgIpc) is 2.85. The van der Waals surface area contributed by atoms with Gasteiger partial charge >= 0.3 is 0 Å². The molecule has 3 rings (SSSR count). The van der Waals surface area contributed by atoms with Crippen molar-refractivity contribution in [3.8, 4) is 0 Å². The Morgan fingerprint density at radius 1 is 1.19 bits per heavy atom. The number of anilines is 1. The lowest BCUT2D eigenvalue weighted by atomic mass is 9.91. The Bertz CT molecular complexity index is 623. The Kier molecular flexibility index (Phi) is 3.94. The van der Waals surface area contributed by atoms with E-state index in [9.17, 15) is 0 Å². The molecule has 3 nitrogen and oxygen atoms in total. The number of aromatic nitrogens is 1. The van der Waals surface area contributed by atoms with Crippen LogP contribution in [0.25, 0.3) is 10.9 Å². The number of aromatic amines is 1. The molecule has 1 aromatic carbocycles. The summed E-state index contributed by atoms with van der Waals surface area (Å²) in [5, 5.41) is 1.43. The number of likely N-dealkylation sites (N-methyl/N-ethyl adjacent to an activating group) is 1. The zero-order chi connectivity index (χ0) is 15.0. The van der Waals surface area contributed by atoms with Gasteiger partial charge in [0.25, 0.3) is 0 Å². The predicted octanol–water partition coefficient (Wildman–Crippen LogP) is 3.43. The van der Waals surface area contributed by atoms with Crippen molar-refractivity contribution in [2.45, 2.75) is 39.2 Å². The monoisotopic (exact) mass is 285 g/mol. The second-order valence-corrected chi connectivity index (χ2v) is 6.34. The summed E-state index contributed by atoms with van der Waals surface area (Å²) in [5.41, 5.74) is 5.65. The Balaban J connectivity index is 2.03. The van der Waals surface area contributed by atoms with E-state index in [0.29, 0.717) is 6.04 Å². The van der Waals surface area contributed by atoms with E-state index in [1.165, 1.54) is 41.5 Å². The normalized spacial score (nSPS) is 18.2. The fourth-order valence-electron chi connectivity index (χ4n) is 3.61.